The predicted octanol–water partition coefficient (Wildman–Crippen LogP) is 4.50. The van der Waals surface area contributed by atoms with E-state index in [1.54, 1.807) is 0 Å². The van der Waals surface area contributed by atoms with Crippen molar-refractivity contribution in [2.24, 2.45) is 0 Å². The van der Waals surface area contributed by atoms with E-state index in [9.17, 15) is 4.79 Å². The fourth-order valence-electron chi connectivity index (χ4n) is 2.62. The van der Waals surface area contributed by atoms with Crippen LogP contribution in [0.2, 0.25) is 5.02 Å². The van der Waals surface area contributed by atoms with E-state index in [4.69, 9.17) is 11.6 Å². The number of imidazole rings is 1. The van der Waals surface area contributed by atoms with Gasteiger partial charge in [0.1, 0.15) is 11.3 Å². The number of hydrogen-bond acceptors (Lipinski definition) is 2. The molecule has 0 aliphatic rings. The molecular weight excluding hydrogens is 310 g/mol. The maximum absolute atomic E-state index is 12.8. The van der Waals surface area contributed by atoms with Crippen molar-refractivity contribution in [3.05, 3.63) is 64.6 Å². The quantitative estimate of drug-likeness (QED) is 0.766. The molecule has 5 heteroatoms. The summed E-state index contributed by atoms with van der Waals surface area (Å²) in [5.41, 5.74) is 3.76. The van der Waals surface area contributed by atoms with Gasteiger partial charge in [0, 0.05) is 16.9 Å². The molecule has 0 unspecified atom stereocenters. The lowest BCUT2D eigenvalue weighted by molar-refractivity contribution is 0.102. The molecule has 0 aliphatic carbocycles. The first-order chi connectivity index (χ1) is 11.1. The zero-order valence-corrected chi connectivity index (χ0v) is 13.9. The maximum Gasteiger partial charge on any atom is 0.274 e. The van der Waals surface area contributed by atoms with Crippen LogP contribution in [0.25, 0.3) is 5.65 Å². The van der Waals surface area contributed by atoms with Crippen molar-refractivity contribution in [2.75, 3.05) is 5.32 Å². The van der Waals surface area contributed by atoms with Gasteiger partial charge in [-0.3, -0.25) is 9.20 Å². The fraction of sp³-hybridized carbons (Fsp3) is 0.222. The van der Waals surface area contributed by atoms with Gasteiger partial charge in [-0.1, -0.05) is 37.1 Å². The lowest BCUT2D eigenvalue weighted by Crippen LogP contribution is -2.17. The fourth-order valence-corrected chi connectivity index (χ4v) is 2.80. The van der Waals surface area contributed by atoms with Gasteiger partial charge >= 0.3 is 0 Å². The Kier molecular flexibility index (Phi) is 4.35. The van der Waals surface area contributed by atoms with Crippen LogP contribution in [0.1, 0.15) is 35.1 Å². The van der Waals surface area contributed by atoms with Gasteiger partial charge in [0.15, 0.2) is 0 Å². The Labute approximate surface area is 140 Å². The number of benzene rings is 1. The largest absolute Gasteiger partial charge is 0.320 e. The van der Waals surface area contributed by atoms with Crippen LogP contribution in [0.4, 0.5) is 5.69 Å². The summed E-state index contributed by atoms with van der Waals surface area (Å²) >= 11 is 6.13. The lowest BCUT2D eigenvalue weighted by atomic mass is 10.1. The summed E-state index contributed by atoms with van der Waals surface area (Å²) in [6.07, 6.45) is 3.56. The van der Waals surface area contributed by atoms with E-state index in [0.29, 0.717) is 10.7 Å². The van der Waals surface area contributed by atoms with Crippen molar-refractivity contribution in [3.8, 4) is 0 Å². The van der Waals surface area contributed by atoms with E-state index in [2.05, 4.69) is 17.2 Å². The summed E-state index contributed by atoms with van der Waals surface area (Å²) in [6.45, 7) is 3.96. The van der Waals surface area contributed by atoms with E-state index in [-0.39, 0.29) is 5.91 Å². The number of carbonyl (C=O) groups excluding carboxylic acids is 1. The smallest absolute Gasteiger partial charge is 0.274 e. The predicted molar refractivity (Wildman–Crippen MR) is 93.3 cm³/mol. The van der Waals surface area contributed by atoms with Gasteiger partial charge in [0.2, 0.25) is 0 Å². The van der Waals surface area contributed by atoms with E-state index in [1.807, 2.05) is 53.9 Å². The minimum Gasteiger partial charge on any atom is -0.320 e. The molecule has 0 saturated carbocycles. The molecule has 0 atom stereocenters. The van der Waals surface area contributed by atoms with Crippen molar-refractivity contribution >= 4 is 28.8 Å². The summed E-state index contributed by atoms with van der Waals surface area (Å²) < 4.78 is 1.83. The first-order valence-electron chi connectivity index (χ1n) is 7.64. The highest BCUT2D eigenvalue weighted by Gasteiger charge is 2.19. The third kappa shape index (κ3) is 2.94. The zero-order valence-electron chi connectivity index (χ0n) is 13.1. The molecule has 0 fully saturated rings. The summed E-state index contributed by atoms with van der Waals surface area (Å²) in [5, 5.41) is 3.59. The lowest BCUT2D eigenvalue weighted by Gasteiger charge is -2.10. The number of nitrogens with zero attached hydrogens (tertiary/aromatic N) is 2. The van der Waals surface area contributed by atoms with Gasteiger partial charge in [0.05, 0.1) is 5.69 Å². The number of carbonyl (C=O) groups is 1. The highest BCUT2D eigenvalue weighted by atomic mass is 35.5. The SMILES string of the molecule is CCCc1nc2ccccn2c1C(=O)Nc1cccc(Cl)c1C. The highest BCUT2D eigenvalue weighted by molar-refractivity contribution is 6.31. The minimum absolute atomic E-state index is 0.169. The number of aryl methyl sites for hydroxylation is 1. The summed E-state index contributed by atoms with van der Waals surface area (Å²) in [4.78, 5) is 17.4. The number of nitrogens with one attached hydrogen (secondary N) is 1. The standard InChI is InChI=1S/C18H18ClN3O/c1-3-7-15-17(22-11-5-4-10-16(22)20-15)18(23)21-14-9-6-8-13(19)12(14)2/h4-6,8-11H,3,7H2,1-2H3,(H,21,23). The molecular formula is C18H18ClN3O. The molecule has 23 heavy (non-hydrogen) atoms. The van der Waals surface area contributed by atoms with E-state index in [0.717, 1.165) is 35.4 Å². The van der Waals surface area contributed by atoms with Crippen molar-refractivity contribution in [1.82, 2.24) is 9.38 Å². The van der Waals surface area contributed by atoms with E-state index in [1.165, 1.54) is 0 Å². The highest BCUT2D eigenvalue weighted by Crippen LogP contribution is 2.24. The van der Waals surface area contributed by atoms with Gasteiger partial charge in [-0.15, -0.1) is 0 Å². The second-order valence-corrected chi connectivity index (χ2v) is 5.86. The number of anilines is 1. The summed E-state index contributed by atoms with van der Waals surface area (Å²) in [5.74, 6) is -0.169. The number of hydrogen-bond donors (Lipinski definition) is 1. The number of halogens is 1. The molecule has 3 rings (SSSR count). The van der Waals surface area contributed by atoms with Crippen LogP contribution in [-0.4, -0.2) is 15.3 Å². The topological polar surface area (TPSA) is 46.4 Å². The Balaban J connectivity index is 2.03. The minimum atomic E-state index is -0.169. The Morgan fingerprint density at radius 2 is 2.09 bits per heavy atom. The average molecular weight is 328 g/mol. The Hall–Kier alpha value is -2.33. The van der Waals surface area contributed by atoms with Gasteiger partial charge in [-0.05, 0) is 43.2 Å². The summed E-state index contributed by atoms with van der Waals surface area (Å²) in [6, 6.07) is 11.2. The Bertz CT molecular complexity index is 870. The van der Waals surface area contributed by atoms with Gasteiger partial charge < -0.3 is 5.32 Å². The second-order valence-electron chi connectivity index (χ2n) is 5.45. The second kappa shape index (κ2) is 6.42. The first-order valence-corrected chi connectivity index (χ1v) is 8.02. The molecule has 1 amide bonds. The zero-order chi connectivity index (χ0) is 16.4. The van der Waals surface area contributed by atoms with Crippen molar-refractivity contribution in [1.29, 1.82) is 0 Å². The Morgan fingerprint density at radius 1 is 1.26 bits per heavy atom. The molecule has 4 nitrogen and oxygen atoms in total. The van der Waals surface area contributed by atoms with E-state index >= 15 is 0 Å². The molecule has 3 aromatic rings. The average Bonchev–Trinajstić information content (AvgIpc) is 2.90. The van der Waals surface area contributed by atoms with Gasteiger partial charge in [-0.2, -0.15) is 0 Å². The van der Waals surface area contributed by atoms with Crippen LogP contribution in [0.3, 0.4) is 0 Å². The monoisotopic (exact) mass is 327 g/mol. The van der Waals surface area contributed by atoms with Crippen LogP contribution >= 0.6 is 11.6 Å². The number of amides is 1. The molecule has 0 saturated heterocycles. The van der Waals surface area contributed by atoms with Crippen molar-refractivity contribution in [2.45, 2.75) is 26.7 Å². The maximum atomic E-state index is 12.8. The third-order valence-corrected chi connectivity index (χ3v) is 4.23. The van der Waals surface area contributed by atoms with Crippen LogP contribution < -0.4 is 5.32 Å². The number of pyridine rings is 1. The number of rotatable bonds is 4. The van der Waals surface area contributed by atoms with Crippen LogP contribution in [0, 0.1) is 6.92 Å². The Morgan fingerprint density at radius 3 is 2.87 bits per heavy atom. The molecule has 0 spiro atoms. The molecule has 0 radical (unpaired) electrons. The van der Waals surface area contributed by atoms with Gasteiger partial charge in [0.25, 0.3) is 5.91 Å². The van der Waals surface area contributed by atoms with Gasteiger partial charge in [-0.25, -0.2) is 4.98 Å². The van der Waals surface area contributed by atoms with Crippen molar-refractivity contribution in [3.63, 3.8) is 0 Å². The third-order valence-electron chi connectivity index (χ3n) is 3.82. The first kappa shape index (κ1) is 15.6. The van der Waals surface area contributed by atoms with E-state index < -0.39 is 0 Å². The molecule has 0 bridgehead atoms. The van der Waals surface area contributed by atoms with Crippen LogP contribution in [-0.2, 0) is 6.42 Å². The molecule has 118 valence electrons. The number of fused-ring (bicyclic) bond motifs is 1. The molecule has 2 aromatic heterocycles. The molecule has 1 N–H and O–H groups in total. The van der Waals surface area contributed by atoms with Crippen LogP contribution in [0.5, 0.6) is 0 Å². The van der Waals surface area contributed by atoms with Crippen molar-refractivity contribution < 1.29 is 4.79 Å². The molecule has 2 heterocycles. The molecule has 1 aromatic carbocycles. The number of aromatic nitrogens is 2. The normalized spacial score (nSPS) is 10.9. The van der Waals surface area contributed by atoms with Crippen LogP contribution in [0.15, 0.2) is 42.6 Å². The summed E-state index contributed by atoms with van der Waals surface area (Å²) in [7, 11) is 0. The molecule has 0 aliphatic heterocycles.